The second kappa shape index (κ2) is 5.00. The molecule has 0 radical (unpaired) electrons. The minimum absolute atomic E-state index is 0.265. The van der Waals surface area contributed by atoms with Crippen molar-refractivity contribution in [1.82, 2.24) is 9.97 Å². The normalized spacial score (nSPS) is 9.71. The van der Waals surface area contributed by atoms with Gasteiger partial charge in [0.2, 0.25) is 5.95 Å². The van der Waals surface area contributed by atoms with Crippen LogP contribution in [0.5, 0.6) is 0 Å². The molecule has 2 rings (SSSR count). The van der Waals surface area contributed by atoms with Gasteiger partial charge >= 0.3 is 0 Å². The van der Waals surface area contributed by atoms with Gasteiger partial charge in [-0.2, -0.15) is 5.26 Å². The summed E-state index contributed by atoms with van der Waals surface area (Å²) in [5, 5.41) is 12.1. The molecule has 0 saturated heterocycles. The average molecular weight is 268 g/mol. The van der Waals surface area contributed by atoms with Crippen LogP contribution in [0.3, 0.4) is 0 Å². The van der Waals surface area contributed by atoms with Gasteiger partial charge in [-0.3, -0.25) is 0 Å². The maximum Gasteiger partial charge on any atom is 0.230 e. The lowest BCUT2D eigenvalue weighted by atomic mass is 10.2. The molecule has 0 unspecified atom stereocenters. The molecule has 1 N–H and O–H groups in total. The Balaban J connectivity index is 2.22. The van der Waals surface area contributed by atoms with Gasteiger partial charge in [-0.05, 0) is 24.3 Å². The summed E-state index contributed by atoms with van der Waals surface area (Å²) in [6.45, 7) is 0. The number of anilines is 2. The molecule has 1 heterocycles. The van der Waals surface area contributed by atoms with E-state index in [4.69, 9.17) is 28.5 Å². The first-order valence-electron chi connectivity index (χ1n) is 4.64. The zero-order chi connectivity index (χ0) is 12.3. The molecule has 0 aliphatic heterocycles. The lowest BCUT2D eigenvalue weighted by Gasteiger charge is -2.04. The van der Waals surface area contributed by atoms with Gasteiger partial charge in [0.15, 0.2) is 0 Å². The molecule has 0 aliphatic carbocycles. The second-order valence-corrected chi connectivity index (χ2v) is 3.93. The highest BCUT2D eigenvalue weighted by Crippen LogP contribution is 2.18. The molecule has 17 heavy (non-hydrogen) atoms. The molecule has 1 aromatic heterocycles. The van der Waals surface area contributed by atoms with Gasteiger partial charge in [0.1, 0.15) is 10.3 Å². The third-order valence-corrected chi connectivity index (χ3v) is 2.32. The number of rotatable bonds is 2. The van der Waals surface area contributed by atoms with Gasteiger partial charge in [0.25, 0.3) is 0 Å². The summed E-state index contributed by atoms with van der Waals surface area (Å²) in [7, 11) is 0. The van der Waals surface area contributed by atoms with Crippen molar-refractivity contribution in [2.75, 3.05) is 5.32 Å². The van der Waals surface area contributed by atoms with E-state index in [9.17, 15) is 0 Å². The molecule has 0 saturated carbocycles. The molecule has 84 valence electrons. The smallest absolute Gasteiger partial charge is 0.230 e. The summed E-state index contributed by atoms with van der Waals surface area (Å²) >= 11 is 11.5. The highest BCUT2D eigenvalue weighted by molar-refractivity contribution is 6.33. The molecule has 1 aromatic carbocycles. The molecular formula is C11H6Cl2N4. The first-order chi connectivity index (χ1) is 8.17. The van der Waals surface area contributed by atoms with Crippen LogP contribution in [-0.2, 0) is 0 Å². The predicted octanol–water partition coefficient (Wildman–Crippen LogP) is 3.40. The Hall–Kier alpha value is -1.83. The van der Waals surface area contributed by atoms with E-state index >= 15 is 0 Å². The maximum atomic E-state index is 8.66. The minimum Gasteiger partial charge on any atom is -0.324 e. The Kier molecular flexibility index (Phi) is 3.43. The fourth-order valence-corrected chi connectivity index (χ4v) is 1.63. The van der Waals surface area contributed by atoms with Gasteiger partial charge in [0, 0.05) is 11.8 Å². The van der Waals surface area contributed by atoms with Gasteiger partial charge in [-0.25, -0.2) is 9.97 Å². The van der Waals surface area contributed by atoms with Crippen LogP contribution in [0.25, 0.3) is 0 Å². The van der Waals surface area contributed by atoms with E-state index in [1.165, 1.54) is 6.07 Å². The van der Waals surface area contributed by atoms with Crippen molar-refractivity contribution in [3.63, 3.8) is 0 Å². The van der Waals surface area contributed by atoms with Gasteiger partial charge in [0.05, 0.1) is 11.6 Å². The van der Waals surface area contributed by atoms with Gasteiger partial charge in [-0.15, -0.1) is 0 Å². The van der Waals surface area contributed by atoms with Crippen LogP contribution < -0.4 is 5.32 Å². The number of hydrogen-bond donors (Lipinski definition) is 1. The summed E-state index contributed by atoms with van der Waals surface area (Å²) in [5.74, 6) is 0.312. The van der Waals surface area contributed by atoms with Crippen molar-refractivity contribution >= 4 is 34.8 Å². The summed E-state index contributed by atoms with van der Waals surface area (Å²) in [6.07, 6.45) is 0. The predicted molar refractivity (Wildman–Crippen MR) is 66.5 cm³/mol. The number of aromatic nitrogens is 2. The zero-order valence-electron chi connectivity index (χ0n) is 8.48. The van der Waals surface area contributed by atoms with Crippen LogP contribution >= 0.6 is 23.2 Å². The van der Waals surface area contributed by atoms with Crippen LogP contribution in [0.4, 0.5) is 11.6 Å². The number of nitrogens with zero attached hydrogens (tertiary/aromatic N) is 3. The molecule has 6 heteroatoms. The zero-order valence-corrected chi connectivity index (χ0v) is 10.00. The van der Waals surface area contributed by atoms with Crippen molar-refractivity contribution in [3.05, 3.63) is 46.2 Å². The average Bonchev–Trinajstić information content (AvgIpc) is 2.28. The fourth-order valence-electron chi connectivity index (χ4n) is 1.20. The van der Waals surface area contributed by atoms with E-state index in [0.29, 0.717) is 11.5 Å². The van der Waals surface area contributed by atoms with E-state index < -0.39 is 0 Å². The number of nitrogens with one attached hydrogen (secondary N) is 1. The molecule has 0 atom stereocenters. The van der Waals surface area contributed by atoms with Crippen LogP contribution in [-0.4, -0.2) is 9.97 Å². The molecule has 0 spiro atoms. The minimum atomic E-state index is 0.265. The second-order valence-electron chi connectivity index (χ2n) is 3.15. The highest BCUT2D eigenvalue weighted by Gasteiger charge is 2.02. The SMILES string of the molecule is N#Cc1ccc(Nc2n[13c](Cl)[13cH][13c](Cl)n2)cc1. The van der Waals surface area contributed by atoms with Gasteiger partial charge < -0.3 is 5.32 Å². The van der Waals surface area contributed by atoms with Crippen molar-refractivity contribution in [2.24, 2.45) is 0 Å². The summed E-state index contributed by atoms with van der Waals surface area (Å²) in [4.78, 5) is 7.93. The van der Waals surface area contributed by atoms with Crippen LogP contribution in [0.1, 0.15) is 5.56 Å². The first-order valence-corrected chi connectivity index (χ1v) is 5.40. The Morgan fingerprint density at radius 3 is 2.18 bits per heavy atom. The van der Waals surface area contributed by atoms with Crippen LogP contribution in [0.2, 0.25) is 10.3 Å². The Bertz CT molecular complexity index is 555. The summed E-state index contributed by atoms with van der Waals surface area (Å²) in [6, 6.07) is 10.4. The largest absolute Gasteiger partial charge is 0.324 e. The topological polar surface area (TPSA) is 61.6 Å². The lowest BCUT2D eigenvalue weighted by molar-refractivity contribution is 1.17. The third kappa shape index (κ3) is 3.06. The molecule has 0 amide bonds. The molecule has 0 fully saturated rings. The van der Waals surface area contributed by atoms with E-state index in [0.717, 1.165) is 5.69 Å². The number of hydrogen-bond acceptors (Lipinski definition) is 4. The van der Waals surface area contributed by atoms with E-state index in [2.05, 4.69) is 15.3 Å². The fraction of sp³-hybridized carbons (Fsp3) is 0. The lowest BCUT2D eigenvalue weighted by Crippen LogP contribution is -1.97. The van der Waals surface area contributed by atoms with Crippen molar-refractivity contribution in [2.45, 2.75) is 0 Å². The summed E-state index contributed by atoms with van der Waals surface area (Å²) < 4.78 is 0. The number of halogens is 2. The quantitative estimate of drug-likeness (QED) is 0.848. The summed E-state index contributed by atoms with van der Waals surface area (Å²) in [5.41, 5.74) is 1.34. The maximum absolute atomic E-state index is 8.66. The monoisotopic (exact) mass is 267 g/mol. The number of benzene rings is 1. The van der Waals surface area contributed by atoms with E-state index in [1.807, 2.05) is 6.07 Å². The van der Waals surface area contributed by atoms with Gasteiger partial charge in [-0.1, -0.05) is 23.2 Å². The Morgan fingerprint density at radius 2 is 1.65 bits per heavy atom. The van der Waals surface area contributed by atoms with Crippen molar-refractivity contribution < 1.29 is 0 Å². The molecule has 0 bridgehead atoms. The van der Waals surface area contributed by atoms with E-state index in [1.54, 1.807) is 24.3 Å². The standard InChI is InChI=1S/C11H6Cl2N4/c12-9-5-10(13)17-11(16-9)15-8-3-1-7(6-14)2-4-8/h1-5H,(H,15,16,17)/i5+1,9+1,10+1. The Morgan fingerprint density at radius 1 is 1.06 bits per heavy atom. The number of nitriles is 1. The third-order valence-electron chi connectivity index (χ3n) is 1.93. The van der Waals surface area contributed by atoms with E-state index in [-0.39, 0.29) is 10.3 Å². The molecule has 2 aromatic rings. The van der Waals surface area contributed by atoms with Crippen LogP contribution in [0.15, 0.2) is 30.3 Å². The van der Waals surface area contributed by atoms with Crippen LogP contribution in [0, 0.1) is 11.3 Å². The Labute approximate surface area is 108 Å². The molecular weight excluding hydrogens is 262 g/mol. The first kappa shape index (κ1) is 11.6. The van der Waals surface area contributed by atoms with Crippen molar-refractivity contribution in [3.8, 4) is 6.07 Å². The molecule has 0 aliphatic rings. The molecule has 4 nitrogen and oxygen atoms in total. The van der Waals surface area contributed by atoms with Crippen molar-refractivity contribution in [1.29, 1.82) is 5.26 Å². The highest BCUT2D eigenvalue weighted by atomic mass is 35.5.